The summed E-state index contributed by atoms with van der Waals surface area (Å²) in [7, 11) is 0. The first kappa shape index (κ1) is 28.0. The maximum Gasteiger partial charge on any atom is 0.255 e. The Morgan fingerprint density at radius 1 is 0.738 bits per heavy atom. The Morgan fingerprint density at radius 3 is 1.55 bits per heavy atom. The SMILES string of the molecule is CC1SC(C)(/C=C/c2ccco2)N(Nc2nnc(NN3C(=O)C(C)SC3(C)/C=C/c3ccco3)c3ccccc23)C1=O. The van der Waals surface area contributed by atoms with Crippen molar-refractivity contribution in [2.75, 3.05) is 10.9 Å². The molecule has 216 valence electrons. The van der Waals surface area contributed by atoms with Gasteiger partial charge in [0.1, 0.15) is 21.3 Å². The zero-order chi connectivity index (χ0) is 29.5. The molecule has 4 unspecified atom stereocenters. The number of thioether (sulfide) groups is 2. The number of aromatic nitrogens is 2. The van der Waals surface area contributed by atoms with Crippen molar-refractivity contribution >= 4 is 69.9 Å². The lowest BCUT2D eigenvalue weighted by Gasteiger charge is -2.33. The Hall–Kier alpha value is -4.16. The van der Waals surface area contributed by atoms with Gasteiger partial charge in [-0.05, 0) is 76.3 Å². The monoisotopic (exact) mass is 602 g/mol. The van der Waals surface area contributed by atoms with E-state index in [-0.39, 0.29) is 22.3 Å². The van der Waals surface area contributed by atoms with Gasteiger partial charge in [0.05, 0.1) is 23.0 Å². The topological polar surface area (TPSA) is 117 Å². The van der Waals surface area contributed by atoms with Crippen molar-refractivity contribution in [3.05, 3.63) is 84.7 Å². The first-order valence-electron chi connectivity index (χ1n) is 13.4. The quantitative estimate of drug-likeness (QED) is 0.239. The summed E-state index contributed by atoms with van der Waals surface area (Å²) in [5.41, 5.74) is 6.49. The summed E-state index contributed by atoms with van der Waals surface area (Å²) in [6.07, 6.45) is 10.8. The van der Waals surface area contributed by atoms with E-state index < -0.39 is 9.74 Å². The second kappa shape index (κ2) is 10.9. The predicted molar refractivity (Wildman–Crippen MR) is 167 cm³/mol. The van der Waals surface area contributed by atoms with E-state index >= 15 is 0 Å². The summed E-state index contributed by atoms with van der Waals surface area (Å²) in [5, 5.41) is 13.1. The molecular formula is C30H30N6O4S2. The highest BCUT2D eigenvalue weighted by Gasteiger charge is 2.47. The highest BCUT2D eigenvalue weighted by atomic mass is 32.2. The van der Waals surface area contributed by atoms with Crippen molar-refractivity contribution in [2.45, 2.75) is 47.9 Å². The Balaban J connectivity index is 1.31. The van der Waals surface area contributed by atoms with E-state index in [1.165, 1.54) is 23.5 Å². The number of rotatable bonds is 8. The third-order valence-corrected chi connectivity index (χ3v) is 9.88. The first-order chi connectivity index (χ1) is 20.2. The lowest BCUT2D eigenvalue weighted by molar-refractivity contribution is -0.130. The molecule has 0 spiro atoms. The highest BCUT2D eigenvalue weighted by Crippen LogP contribution is 2.44. The van der Waals surface area contributed by atoms with Gasteiger partial charge in [0.2, 0.25) is 0 Å². The predicted octanol–water partition coefficient (Wildman–Crippen LogP) is 6.26. The largest absolute Gasteiger partial charge is 0.465 e. The summed E-state index contributed by atoms with van der Waals surface area (Å²) >= 11 is 3.05. The zero-order valence-corrected chi connectivity index (χ0v) is 25.1. The molecule has 2 aliphatic heterocycles. The van der Waals surface area contributed by atoms with Gasteiger partial charge in [-0.1, -0.05) is 24.3 Å². The molecule has 0 bridgehead atoms. The third-order valence-electron chi connectivity index (χ3n) is 7.18. The maximum absolute atomic E-state index is 13.3. The van der Waals surface area contributed by atoms with E-state index in [2.05, 4.69) is 21.0 Å². The number of fused-ring (bicyclic) bond motifs is 1. The fraction of sp³-hybridized carbons (Fsp3) is 0.267. The van der Waals surface area contributed by atoms with E-state index in [1.54, 1.807) is 22.5 Å². The van der Waals surface area contributed by atoms with Gasteiger partial charge in [-0.25, -0.2) is 10.0 Å². The number of hydrogen-bond donors (Lipinski definition) is 2. The second-order valence-electron chi connectivity index (χ2n) is 10.3. The Morgan fingerprint density at radius 2 is 1.17 bits per heavy atom. The molecule has 5 heterocycles. The van der Waals surface area contributed by atoms with Crippen molar-refractivity contribution in [2.24, 2.45) is 0 Å². The van der Waals surface area contributed by atoms with Crippen LogP contribution in [0.25, 0.3) is 22.9 Å². The van der Waals surface area contributed by atoms with Crippen molar-refractivity contribution < 1.29 is 18.4 Å². The maximum atomic E-state index is 13.3. The molecule has 0 radical (unpaired) electrons. The number of nitrogens with zero attached hydrogens (tertiary/aromatic N) is 4. The van der Waals surface area contributed by atoms with Gasteiger partial charge in [0.15, 0.2) is 11.6 Å². The van der Waals surface area contributed by atoms with Crippen LogP contribution in [0.1, 0.15) is 39.2 Å². The molecule has 4 atom stereocenters. The number of hydrogen-bond acceptors (Lipinski definition) is 10. The molecule has 1 aromatic carbocycles. The minimum atomic E-state index is -0.708. The Labute approximate surface area is 251 Å². The van der Waals surface area contributed by atoms with E-state index in [0.29, 0.717) is 23.2 Å². The van der Waals surface area contributed by atoms with Gasteiger partial charge in [-0.15, -0.1) is 33.7 Å². The van der Waals surface area contributed by atoms with Crippen LogP contribution in [0.4, 0.5) is 11.6 Å². The summed E-state index contributed by atoms with van der Waals surface area (Å²) < 4.78 is 10.9. The van der Waals surface area contributed by atoms with Gasteiger partial charge in [-0.3, -0.25) is 20.4 Å². The Kier molecular flexibility index (Phi) is 7.27. The average molecular weight is 603 g/mol. The number of anilines is 2. The summed E-state index contributed by atoms with van der Waals surface area (Å²) in [6, 6.07) is 15.0. The van der Waals surface area contributed by atoms with Crippen LogP contribution in [-0.4, -0.2) is 52.3 Å². The minimum absolute atomic E-state index is 0.0764. The summed E-state index contributed by atoms with van der Waals surface area (Å²) in [4.78, 5) is 25.1. The van der Waals surface area contributed by atoms with Crippen LogP contribution in [0.3, 0.4) is 0 Å². The highest BCUT2D eigenvalue weighted by molar-refractivity contribution is 8.02. The molecule has 2 saturated heterocycles. The van der Waals surface area contributed by atoms with Crippen molar-refractivity contribution in [1.29, 1.82) is 0 Å². The lowest BCUT2D eigenvalue weighted by Crippen LogP contribution is -2.46. The molecule has 2 N–H and O–H groups in total. The van der Waals surface area contributed by atoms with Crippen LogP contribution in [0.2, 0.25) is 0 Å². The van der Waals surface area contributed by atoms with Crippen molar-refractivity contribution in [3.63, 3.8) is 0 Å². The van der Waals surface area contributed by atoms with Gasteiger partial charge >= 0.3 is 0 Å². The van der Waals surface area contributed by atoms with Crippen molar-refractivity contribution in [1.82, 2.24) is 20.2 Å². The van der Waals surface area contributed by atoms with Crippen LogP contribution in [0.15, 0.2) is 82.0 Å². The number of carbonyl (C=O) groups is 2. The molecule has 2 amide bonds. The van der Waals surface area contributed by atoms with E-state index in [0.717, 1.165) is 10.8 Å². The lowest BCUT2D eigenvalue weighted by atomic mass is 10.1. The van der Waals surface area contributed by atoms with Gasteiger partial charge in [-0.2, -0.15) is 0 Å². The molecule has 2 fully saturated rings. The van der Waals surface area contributed by atoms with E-state index in [4.69, 9.17) is 8.83 Å². The summed E-state index contributed by atoms with van der Waals surface area (Å²) in [6.45, 7) is 7.69. The van der Waals surface area contributed by atoms with Crippen LogP contribution in [-0.2, 0) is 9.59 Å². The molecule has 10 nitrogen and oxygen atoms in total. The number of furan rings is 2. The zero-order valence-electron chi connectivity index (χ0n) is 23.5. The molecule has 3 aromatic heterocycles. The third kappa shape index (κ3) is 5.16. The standard InChI is InChI=1S/C30H30N6O4S2/c1-19-27(37)35(29(3,41-19)15-13-21-9-7-17-39-21)33-25-23-11-5-6-12-24(23)26(32-31-25)34-36-28(38)20(2)42-30(36,4)16-14-22-10-8-18-40-22/h5-20H,1-4H3,(H,31,33)(H,32,34)/b15-13+,16-14+. The van der Waals surface area contributed by atoms with Crippen LogP contribution in [0, 0.1) is 0 Å². The van der Waals surface area contributed by atoms with Crippen LogP contribution < -0.4 is 10.9 Å². The first-order valence-corrected chi connectivity index (χ1v) is 15.2. The fourth-order valence-corrected chi connectivity index (χ4v) is 7.63. The molecule has 0 aliphatic carbocycles. The summed E-state index contributed by atoms with van der Waals surface area (Å²) in [5.74, 6) is 2.08. The number of amides is 2. The molecule has 0 saturated carbocycles. The van der Waals surface area contributed by atoms with E-state index in [9.17, 15) is 9.59 Å². The normalized spacial score (nSPS) is 26.4. The Bertz CT molecular complexity index is 1550. The smallest absolute Gasteiger partial charge is 0.255 e. The molecular weight excluding hydrogens is 573 g/mol. The number of carbonyl (C=O) groups excluding carboxylic acids is 2. The molecule has 12 heteroatoms. The molecule has 6 rings (SSSR count). The average Bonchev–Trinajstić information content (AvgIpc) is 3.77. The molecule has 42 heavy (non-hydrogen) atoms. The van der Waals surface area contributed by atoms with Crippen molar-refractivity contribution in [3.8, 4) is 0 Å². The van der Waals surface area contributed by atoms with Crippen LogP contribution >= 0.6 is 23.5 Å². The van der Waals surface area contributed by atoms with Gasteiger partial charge in [0.25, 0.3) is 11.8 Å². The molecule has 4 aromatic rings. The minimum Gasteiger partial charge on any atom is -0.465 e. The second-order valence-corrected chi connectivity index (χ2v) is 13.9. The number of benzene rings is 1. The molecule has 2 aliphatic rings. The number of nitrogens with one attached hydrogen (secondary N) is 2. The fourth-order valence-electron chi connectivity index (χ4n) is 5.01. The van der Waals surface area contributed by atoms with E-state index in [1.807, 2.05) is 101 Å². The van der Waals surface area contributed by atoms with Gasteiger partial charge in [0, 0.05) is 10.8 Å². The van der Waals surface area contributed by atoms with Gasteiger partial charge < -0.3 is 8.83 Å². The number of hydrazine groups is 2. The van der Waals surface area contributed by atoms with Crippen LogP contribution in [0.5, 0.6) is 0 Å².